The predicted octanol–water partition coefficient (Wildman–Crippen LogP) is 3.49. The van der Waals surface area contributed by atoms with Crippen LogP contribution in [0.3, 0.4) is 0 Å². The van der Waals surface area contributed by atoms with Crippen LogP contribution in [0.15, 0.2) is 42.5 Å². The van der Waals surface area contributed by atoms with Crippen LogP contribution in [0, 0.1) is 5.82 Å². The minimum atomic E-state index is -0.484. The average Bonchev–Trinajstić information content (AvgIpc) is 3.12. The lowest BCUT2D eigenvalue weighted by molar-refractivity contribution is -0.119. The molecule has 2 aromatic carbocycles. The van der Waals surface area contributed by atoms with E-state index in [-0.39, 0.29) is 17.8 Å². The number of fused-ring (bicyclic) bond motifs is 2. The Morgan fingerprint density at radius 3 is 2.81 bits per heavy atom. The molecule has 1 aliphatic rings. The summed E-state index contributed by atoms with van der Waals surface area (Å²) in [5, 5.41) is 3.15. The van der Waals surface area contributed by atoms with Gasteiger partial charge in [-0.05, 0) is 44.0 Å². The molecule has 2 atom stereocenters. The molecule has 3 aromatic rings. The summed E-state index contributed by atoms with van der Waals surface area (Å²) >= 11 is 0. The second-order valence-electron chi connectivity index (χ2n) is 6.86. The maximum absolute atomic E-state index is 14.0. The van der Waals surface area contributed by atoms with E-state index in [1.807, 2.05) is 43.1 Å². The van der Waals surface area contributed by atoms with Crippen LogP contribution in [-0.2, 0) is 18.3 Å². The molecule has 0 aliphatic carbocycles. The summed E-state index contributed by atoms with van der Waals surface area (Å²) in [5.74, 6) is 0.0910. The second-order valence-corrected chi connectivity index (χ2v) is 6.86. The molecule has 1 aromatic heterocycles. The maximum atomic E-state index is 14.0. The third-order valence-corrected chi connectivity index (χ3v) is 5.02. The van der Waals surface area contributed by atoms with Crippen LogP contribution in [0.2, 0.25) is 0 Å². The Morgan fingerprint density at radius 1 is 1.27 bits per heavy atom. The van der Waals surface area contributed by atoms with Crippen LogP contribution in [0.5, 0.6) is 0 Å². The van der Waals surface area contributed by atoms with Crippen molar-refractivity contribution < 1.29 is 9.18 Å². The van der Waals surface area contributed by atoms with Crippen molar-refractivity contribution in [1.82, 2.24) is 9.55 Å². The monoisotopic (exact) mass is 352 g/mol. The summed E-state index contributed by atoms with van der Waals surface area (Å²) in [4.78, 5) is 19.2. The van der Waals surface area contributed by atoms with Gasteiger partial charge in [0, 0.05) is 18.8 Å². The van der Waals surface area contributed by atoms with Crippen LogP contribution in [-0.4, -0.2) is 27.5 Å². The minimum Gasteiger partial charge on any atom is -0.344 e. The smallest absolute Gasteiger partial charge is 0.249 e. The first-order valence-corrected chi connectivity index (χ1v) is 8.76. The first kappa shape index (κ1) is 16.6. The quantitative estimate of drug-likeness (QED) is 0.785. The highest BCUT2D eigenvalue weighted by Gasteiger charge is 2.33. The van der Waals surface area contributed by atoms with E-state index >= 15 is 0 Å². The number of amides is 1. The van der Waals surface area contributed by atoms with Crippen molar-refractivity contribution in [2.45, 2.75) is 32.4 Å². The molecule has 0 spiro atoms. The van der Waals surface area contributed by atoms with Gasteiger partial charge in [0.1, 0.15) is 11.6 Å². The minimum absolute atomic E-state index is 0.0185. The SMILES string of the molecule is CC(Nc1nc2c(F)cccc2n1C)C(=O)N1c2ccccc2CC1C. The number of anilines is 2. The normalized spacial score (nSPS) is 17.4. The molecule has 4 rings (SSSR count). The van der Waals surface area contributed by atoms with Crippen molar-refractivity contribution >= 4 is 28.6 Å². The molecule has 1 N–H and O–H groups in total. The van der Waals surface area contributed by atoms with E-state index in [1.54, 1.807) is 10.6 Å². The summed E-state index contributed by atoms with van der Waals surface area (Å²) < 4.78 is 15.7. The summed E-state index contributed by atoms with van der Waals surface area (Å²) in [5.41, 5.74) is 3.14. The summed E-state index contributed by atoms with van der Waals surface area (Å²) in [7, 11) is 1.81. The fourth-order valence-corrected chi connectivity index (χ4v) is 3.67. The summed E-state index contributed by atoms with van der Waals surface area (Å²) in [6.07, 6.45) is 0.853. The Morgan fingerprint density at radius 2 is 2.04 bits per heavy atom. The lowest BCUT2D eigenvalue weighted by Crippen LogP contribution is -2.44. The third-order valence-electron chi connectivity index (χ3n) is 5.02. The number of para-hydroxylation sites is 2. The highest BCUT2D eigenvalue weighted by Crippen LogP contribution is 2.32. The molecule has 2 heterocycles. The number of hydrogen-bond donors (Lipinski definition) is 1. The van der Waals surface area contributed by atoms with E-state index in [0.29, 0.717) is 17.0 Å². The number of hydrogen-bond acceptors (Lipinski definition) is 3. The molecule has 0 radical (unpaired) electrons. The number of carbonyl (C=O) groups is 1. The molecular formula is C20H21FN4O. The third kappa shape index (κ3) is 2.53. The van der Waals surface area contributed by atoms with Gasteiger partial charge in [-0.2, -0.15) is 0 Å². The lowest BCUT2D eigenvalue weighted by atomic mass is 10.1. The standard InChI is InChI=1S/C20H21FN4O/c1-12-11-14-7-4-5-9-16(14)25(12)19(26)13(2)22-20-23-18-15(21)8-6-10-17(18)24(20)3/h4-10,12-13H,11H2,1-3H3,(H,22,23). The van der Waals surface area contributed by atoms with Gasteiger partial charge in [0.05, 0.1) is 5.52 Å². The number of carbonyl (C=O) groups excluding carboxylic acids is 1. The molecule has 1 aliphatic heterocycles. The van der Waals surface area contributed by atoms with E-state index in [2.05, 4.69) is 23.3 Å². The van der Waals surface area contributed by atoms with Gasteiger partial charge in [-0.1, -0.05) is 24.3 Å². The van der Waals surface area contributed by atoms with Crippen molar-refractivity contribution in [2.75, 3.05) is 10.2 Å². The molecule has 134 valence electrons. The predicted molar refractivity (Wildman–Crippen MR) is 101 cm³/mol. The van der Waals surface area contributed by atoms with Crippen LogP contribution in [0.1, 0.15) is 19.4 Å². The zero-order chi connectivity index (χ0) is 18.4. The molecule has 2 unspecified atom stereocenters. The highest BCUT2D eigenvalue weighted by atomic mass is 19.1. The van der Waals surface area contributed by atoms with E-state index in [1.165, 1.54) is 11.6 Å². The molecule has 0 saturated carbocycles. The molecule has 0 saturated heterocycles. The molecule has 1 amide bonds. The Balaban J connectivity index is 1.61. The largest absolute Gasteiger partial charge is 0.344 e. The molecular weight excluding hydrogens is 331 g/mol. The van der Waals surface area contributed by atoms with E-state index in [0.717, 1.165) is 12.1 Å². The Kier molecular flexibility index (Phi) is 3.90. The number of nitrogens with zero attached hydrogens (tertiary/aromatic N) is 3. The van der Waals surface area contributed by atoms with Crippen molar-refractivity contribution in [1.29, 1.82) is 0 Å². The Labute approximate surface area is 151 Å². The fraction of sp³-hybridized carbons (Fsp3) is 0.300. The summed E-state index contributed by atoms with van der Waals surface area (Å²) in [6.45, 7) is 3.86. The van der Waals surface area contributed by atoms with Crippen molar-refractivity contribution in [2.24, 2.45) is 7.05 Å². The Bertz CT molecular complexity index is 997. The van der Waals surface area contributed by atoms with E-state index in [9.17, 15) is 9.18 Å². The molecule has 0 fully saturated rings. The fourth-order valence-electron chi connectivity index (χ4n) is 3.67. The topological polar surface area (TPSA) is 50.2 Å². The lowest BCUT2D eigenvalue weighted by Gasteiger charge is -2.26. The van der Waals surface area contributed by atoms with Gasteiger partial charge >= 0.3 is 0 Å². The van der Waals surface area contributed by atoms with Crippen molar-refractivity contribution in [3.05, 3.63) is 53.8 Å². The first-order valence-electron chi connectivity index (χ1n) is 8.76. The van der Waals surface area contributed by atoms with Gasteiger partial charge in [-0.3, -0.25) is 4.79 Å². The zero-order valence-corrected chi connectivity index (χ0v) is 15.0. The van der Waals surface area contributed by atoms with E-state index in [4.69, 9.17) is 0 Å². The number of halogens is 1. The first-order chi connectivity index (χ1) is 12.5. The molecule has 26 heavy (non-hydrogen) atoms. The average molecular weight is 352 g/mol. The van der Waals surface area contributed by atoms with Gasteiger partial charge in [0.2, 0.25) is 11.9 Å². The summed E-state index contributed by atoms with van der Waals surface area (Å²) in [6, 6.07) is 12.5. The zero-order valence-electron chi connectivity index (χ0n) is 15.0. The number of imidazole rings is 1. The number of rotatable bonds is 3. The number of aromatic nitrogens is 2. The number of benzene rings is 2. The molecule has 5 nitrogen and oxygen atoms in total. The number of nitrogens with one attached hydrogen (secondary N) is 1. The Hall–Kier alpha value is -2.89. The van der Waals surface area contributed by atoms with Gasteiger partial charge in [-0.25, -0.2) is 9.37 Å². The van der Waals surface area contributed by atoms with Crippen molar-refractivity contribution in [3.8, 4) is 0 Å². The molecule has 6 heteroatoms. The van der Waals surface area contributed by atoms with Crippen LogP contribution < -0.4 is 10.2 Å². The highest BCUT2D eigenvalue weighted by molar-refractivity contribution is 6.00. The second kappa shape index (κ2) is 6.12. The van der Waals surface area contributed by atoms with Crippen LogP contribution >= 0.6 is 0 Å². The van der Waals surface area contributed by atoms with Gasteiger partial charge in [0.15, 0.2) is 5.82 Å². The van der Waals surface area contributed by atoms with Crippen LogP contribution in [0.4, 0.5) is 16.0 Å². The van der Waals surface area contributed by atoms with Crippen molar-refractivity contribution in [3.63, 3.8) is 0 Å². The van der Waals surface area contributed by atoms with Gasteiger partial charge in [0.25, 0.3) is 0 Å². The maximum Gasteiger partial charge on any atom is 0.249 e. The van der Waals surface area contributed by atoms with E-state index < -0.39 is 6.04 Å². The number of aryl methyl sites for hydroxylation is 1. The van der Waals surface area contributed by atoms with Gasteiger partial charge < -0.3 is 14.8 Å². The molecule has 0 bridgehead atoms. The van der Waals surface area contributed by atoms with Gasteiger partial charge in [-0.15, -0.1) is 0 Å². The van der Waals surface area contributed by atoms with Crippen LogP contribution in [0.25, 0.3) is 11.0 Å².